The molecule has 0 aliphatic carbocycles. The van der Waals surface area contributed by atoms with Crippen LogP contribution in [0.5, 0.6) is 0 Å². The molecule has 0 spiro atoms. The maximum absolute atomic E-state index is 12.2. The molecule has 0 radical (unpaired) electrons. The summed E-state index contributed by atoms with van der Waals surface area (Å²) in [5, 5.41) is 0. The Balaban J connectivity index is 2.05. The minimum atomic E-state index is -0.800. The van der Waals surface area contributed by atoms with Crippen LogP contribution >= 0.6 is 0 Å². The highest BCUT2D eigenvalue weighted by Crippen LogP contribution is 2.20. The summed E-state index contributed by atoms with van der Waals surface area (Å²) in [5.74, 6) is 0.0100. The normalized spacial score (nSPS) is 36.9. The third-order valence-electron chi connectivity index (χ3n) is 3.11. The van der Waals surface area contributed by atoms with Gasteiger partial charge in [-0.2, -0.15) is 0 Å². The fourth-order valence-electron chi connectivity index (χ4n) is 2.06. The Hall–Kier alpha value is -0.650. The van der Waals surface area contributed by atoms with Gasteiger partial charge in [0.15, 0.2) is 0 Å². The van der Waals surface area contributed by atoms with E-state index in [2.05, 4.69) is 0 Å². The van der Waals surface area contributed by atoms with E-state index >= 15 is 0 Å². The van der Waals surface area contributed by atoms with Crippen molar-refractivity contribution < 1.29 is 14.3 Å². The molecule has 2 fully saturated rings. The zero-order chi connectivity index (χ0) is 10.9. The minimum absolute atomic E-state index is 0.0100. The molecular weight excluding hydrogens is 196 g/mol. The lowest BCUT2D eigenvalue weighted by Crippen LogP contribution is -2.60. The number of hydrogen-bond donors (Lipinski definition) is 1. The smallest absolute Gasteiger partial charge is 0.245 e. The van der Waals surface area contributed by atoms with Gasteiger partial charge in [-0.15, -0.1) is 0 Å². The second kappa shape index (κ2) is 4.08. The molecule has 2 aliphatic rings. The van der Waals surface area contributed by atoms with E-state index in [0.717, 1.165) is 0 Å². The van der Waals surface area contributed by atoms with Gasteiger partial charge in [-0.3, -0.25) is 4.79 Å². The Bertz CT molecular complexity index is 251. The summed E-state index contributed by atoms with van der Waals surface area (Å²) in [5.41, 5.74) is 5.24. The Kier molecular flexibility index (Phi) is 2.95. The molecule has 2 saturated heterocycles. The first-order chi connectivity index (χ1) is 7.13. The summed E-state index contributed by atoms with van der Waals surface area (Å²) in [6, 6.07) is 0.118. The topological polar surface area (TPSA) is 64.8 Å². The molecule has 0 saturated carbocycles. The molecule has 5 heteroatoms. The lowest BCUT2D eigenvalue weighted by atomic mass is 9.97. The molecule has 1 amide bonds. The molecule has 0 aromatic carbocycles. The molecule has 0 aromatic rings. The number of hydrogen-bond acceptors (Lipinski definition) is 4. The summed E-state index contributed by atoms with van der Waals surface area (Å²) in [7, 11) is 0. The predicted octanol–water partition coefficient (Wildman–Crippen LogP) is -0.648. The number of nitrogens with two attached hydrogens (primary N) is 1. The zero-order valence-corrected chi connectivity index (χ0v) is 9.07. The summed E-state index contributed by atoms with van der Waals surface area (Å²) in [4.78, 5) is 14.0. The first-order valence-electron chi connectivity index (χ1n) is 5.39. The summed E-state index contributed by atoms with van der Waals surface area (Å²) in [6.45, 7) is 4.75. The highest BCUT2D eigenvalue weighted by atomic mass is 16.5. The van der Waals surface area contributed by atoms with Crippen molar-refractivity contribution in [3.8, 4) is 0 Å². The first-order valence-corrected chi connectivity index (χ1v) is 5.39. The van der Waals surface area contributed by atoms with Crippen molar-refractivity contribution in [1.29, 1.82) is 0 Å². The number of amides is 1. The number of nitrogens with zero attached hydrogens (tertiary/aromatic N) is 1. The van der Waals surface area contributed by atoms with Crippen molar-refractivity contribution in [3.63, 3.8) is 0 Å². The molecular formula is C10H18N2O3. The second-order valence-corrected chi connectivity index (χ2v) is 4.38. The van der Waals surface area contributed by atoms with Crippen LogP contribution in [-0.2, 0) is 14.3 Å². The van der Waals surface area contributed by atoms with Gasteiger partial charge in [0, 0.05) is 13.2 Å². The number of carbonyl (C=O) groups excluding carboxylic acids is 1. The molecule has 2 rings (SSSR count). The van der Waals surface area contributed by atoms with Gasteiger partial charge in [0.2, 0.25) is 5.91 Å². The van der Waals surface area contributed by atoms with Crippen LogP contribution in [0.3, 0.4) is 0 Å². The van der Waals surface area contributed by atoms with Crippen molar-refractivity contribution in [2.75, 3.05) is 33.0 Å². The largest absolute Gasteiger partial charge is 0.379 e. The minimum Gasteiger partial charge on any atom is -0.379 e. The van der Waals surface area contributed by atoms with Gasteiger partial charge in [-0.1, -0.05) is 0 Å². The van der Waals surface area contributed by atoms with Crippen molar-refractivity contribution in [2.45, 2.75) is 24.9 Å². The van der Waals surface area contributed by atoms with E-state index in [1.165, 1.54) is 0 Å². The third-order valence-corrected chi connectivity index (χ3v) is 3.11. The van der Waals surface area contributed by atoms with Gasteiger partial charge in [0.25, 0.3) is 0 Å². The SMILES string of the molecule is C[C@@H]1COCCN1C(=O)C1(N)CCOC1. The third kappa shape index (κ3) is 2.00. The summed E-state index contributed by atoms with van der Waals surface area (Å²) in [6.07, 6.45) is 0.621. The summed E-state index contributed by atoms with van der Waals surface area (Å²) >= 11 is 0. The second-order valence-electron chi connectivity index (χ2n) is 4.38. The zero-order valence-electron chi connectivity index (χ0n) is 9.07. The summed E-state index contributed by atoms with van der Waals surface area (Å²) < 4.78 is 10.5. The van der Waals surface area contributed by atoms with Gasteiger partial charge in [-0.05, 0) is 13.3 Å². The molecule has 0 bridgehead atoms. The van der Waals surface area contributed by atoms with Gasteiger partial charge in [0.05, 0.1) is 25.9 Å². The van der Waals surface area contributed by atoms with E-state index in [1.54, 1.807) is 0 Å². The fraction of sp³-hybridized carbons (Fsp3) is 0.900. The van der Waals surface area contributed by atoms with Crippen LogP contribution in [0.4, 0.5) is 0 Å². The molecule has 2 N–H and O–H groups in total. The first kappa shape index (κ1) is 10.9. The molecule has 0 aromatic heterocycles. The van der Waals surface area contributed by atoms with Crippen LogP contribution < -0.4 is 5.73 Å². The van der Waals surface area contributed by atoms with Crippen molar-refractivity contribution in [3.05, 3.63) is 0 Å². The highest BCUT2D eigenvalue weighted by molar-refractivity contribution is 5.87. The van der Waals surface area contributed by atoms with E-state index in [1.807, 2.05) is 11.8 Å². The molecule has 2 aliphatic heterocycles. The molecule has 1 unspecified atom stereocenters. The molecule has 5 nitrogen and oxygen atoms in total. The van der Waals surface area contributed by atoms with E-state index in [0.29, 0.717) is 39.4 Å². The lowest BCUT2D eigenvalue weighted by molar-refractivity contribution is -0.145. The number of morpholine rings is 1. The van der Waals surface area contributed by atoms with Gasteiger partial charge in [-0.25, -0.2) is 0 Å². The standard InChI is InChI=1S/C10H18N2O3/c1-8-6-14-5-3-12(8)9(13)10(11)2-4-15-7-10/h8H,2-7,11H2,1H3/t8-,10?/m1/s1. The quantitative estimate of drug-likeness (QED) is 0.630. The number of ether oxygens (including phenoxy) is 2. The number of rotatable bonds is 1. The van der Waals surface area contributed by atoms with Gasteiger partial charge in [0.1, 0.15) is 5.54 Å². The van der Waals surface area contributed by atoms with Crippen LogP contribution in [-0.4, -0.2) is 55.4 Å². The maximum atomic E-state index is 12.2. The Morgan fingerprint density at radius 2 is 2.27 bits per heavy atom. The average molecular weight is 214 g/mol. The van der Waals surface area contributed by atoms with Crippen molar-refractivity contribution in [2.24, 2.45) is 5.73 Å². The fourth-order valence-corrected chi connectivity index (χ4v) is 2.06. The predicted molar refractivity (Wildman–Crippen MR) is 54.3 cm³/mol. The van der Waals surface area contributed by atoms with Crippen LogP contribution in [0.25, 0.3) is 0 Å². The van der Waals surface area contributed by atoms with E-state index < -0.39 is 5.54 Å². The molecule has 15 heavy (non-hydrogen) atoms. The van der Waals surface area contributed by atoms with E-state index in [-0.39, 0.29) is 11.9 Å². The van der Waals surface area contributed by atoms with Gasteiger partial charge >= 0.3 is 0 Å². The molecule has 2 atom stereocenters. The van der Waals surface area contributed by atoms with Crippen LogP contribution in [0.1, 0.15) is 13.3 Å². The highest BCUT2D eigenvalue weighted by Gasteiger charge is 2.42. The Morgan fingerprint density at radius 3 is 2.87 bits per heavy atom. The van der Waals surface area contributed by atoms with Gasteiger partial charge < -0.3 is 20.1 Å². The van der Waals surface area contributed by atoms with E-state index in [9.17, 15) is 4.79 Å². The monoisotopic (exact) mass is 214 g/mol. The Morgan fingerprint density at radius 1 is 1.47 bits per heavy atom. The van der Waals surface area contributed by atoms with Crippen LogP contribution in [0, 0.1) is 0 Å². The van der Waals surface area contributed by atoms with Crippen molar-refractivity contribution in [1.82, 2.24) is 4.90 Å². The average Bonchev–Trinajstić information content (AvgIpc) is 2.66. The molecule has 86 valence electrons. The van der Waals surface area contributed by atoms with Crippen molar-refractivity contribution >= 4 is 5.91 Å². The number of carbonyl (C=O) groups is 1. The Labute approximate surface area is 89.5 Å². The van der Waals surface area contributed by atoms with Crippen LogP contribution in [0.15, 0.2) is 0 Å². The molecule has 2 heterocycles. The maximum Gasteiger partial charge on any atom is 0.245 e. The van der Waals surface area contributed by atoms with Crippen LogP contribution in [0.2, 0.25) is 0 Å². The lowest BCUT2D eigenvalue weighted by Gasteiger charge is -2.37. The van der Waals surface area contributed by atoms with E-state index in [4.69, 9.17) is 15.2 Å².